The largest absolute Gasteiger partial charge is 0.356 e. The second-order valence-corrected chi connectivity index (χ2v) is 9.34. The number of aliphatic imine (C=N–C) groups is 1. The minimum absolute atomic E-state index is 0. The monoisotopic (exact) mass is 554 g/mol. The van der Waals surface area contributed by atoms with Crippen LogP contribution in [0.4, 0.5) is 0 Å². The van der Waals surface area contributed by atoms with Crippen molar-refractivity contribution < 1.29 is 4.79 Å². The number of piperidine rings is 1. The zero-order chi connectivity index (χ0) is 22.1. The van der Waals surface area contributed by atoms with Gasteiger partial charge in [-0.15, -0.1) is 24.0 Å². The molecule has 1 heterocycles. The molecule has 32 heavy (non-hydrogen) atoms. The maximum absolute atomic E-state index is 12.6. The van der Waals surface area contributed by atoms with Gasteiger partial charge in [0.05, 0.1) is 0 Å². The van der Waals surface area contributed by atoms with Crippen LogP contribution in [0.1, 0.15) is 76.7 Å². The average Bonchev–Trinajstić information content (AvgIpc) is 2.83. The van der Waals surface area contributed by atoms with Gasteiger partial charge >= 0.3 is 0 Å². The molecule has 2 N–H and O–H groups in total. The highest BCUT2D eigenvalue weighted by molar-refractivity contribution is 14.0. The van der Waals surface area contributed by atoms with Crippen molar-refractivity contribution in [2.75, 3.05) is 26.7 Å². The minimum Gasteiger partial charge on any atom is -0.356 e. The molecule has 1 saturated carbocycles. The molecule has 0 atom stereocenters. The van der Waals surface area contributed by atoms with E-state index in [1.807, 2.05) is 7.05 Å². The lowest BCUT2D eigenvalue weighted by Crippen LogP contribution is -2.51. The molecule has 0 aromatic heterocycles. The van der Waals surface area contributed by atoms with Gasteiger partial charge in [0.15, 0.2) is 5.96 Å². The van der Waals surface area contributed by atoms with Crippen molar-refractivity contribution in [3.05, 3.63) is 35.9 Å². The van der Waals surface area contributed by atoms with Crippen molar-refractivity contribution in [1.82, 2.24) is 15.5 Å². The van der Waals surface area contributed by atoms with E-state index < -0.39 is 0 Å². The Labute approximate surface area is 212 Å². The van der Waals surface area contributed by atoms with Crippen LogP contribution in [-0.2, 0) is 4.79 Å². The highest BCUT2D eigenvalue weighted by Crippen LogP contribution is 2.35. The zero-order valence-electron chi connectivity index (χ0n) is 20.2. The maximum Gasteiger partial charge on any atom is 0.225 e. The molecule has 1 saturated heterocycles. The van der Waals surface area contributed by atoms with E-state index >= 15 is 0 Å². The van der Waals surface area contributed by atoms with E-state index in [0.717, 1.165) is 63.1 Å². The van der Waals surface area contributed by atoms with Crippen LogP contribution in [-0.4, -0.2) is 49.5 Å². The molecule has 1 amide bonds. The smallest absolute Gasteiger partial charge is 0.225 e. The topological polar surface area (TPSA) is 56.7 Å². The predicted octanol–water partition coefficient (Wildman–Crippen LogP) is 5.17. The highest BCUT2D eigenvalue weighted by Gasteiger charge is 2.27. The Morgan fingerprint density at radius 3 is 2.22 bits per heavy atom. The van der Waals surface area contributed by atoms with Gasteiger partial charge < -0.3 is 15.5 Å². The van der Waals surface area contributed by atoms with Gasteiger partial charge in [0, 0.05) is 38.6 Å². The van der Waals surface area contributed by atoms with Gasteiger partial charge in [-0.3, -0.25) is 9.79 Å². The fourth-order valence-electron chi connectivity index (χ4n) is 5.19. The van der Waals surface area contributed by atoms with Crippen LogP contribution in [0.3, 0.4) is 0 Å². The normalized spacial score (nSPS) is 22.4. The molecule has 3 rings (SSSR count). The molecule has 2 fully saturated rings. The number of nitrogens with one attached hydrogen (secondary N) is 2. The molecule has 6 heteroatoms. The van der Waals surface area contributed by atoms with E-state index in [4.69, 9.17) is 0 Å². The third kappa shape index (κ3) is 7.63. The number of hydrogen-bond acceptors (Lipinski definition) is 2. The van der Waals surface area contributed by atoms with Gasteiger partial charge in [0.1, 0.15) is 0 Å². The van der Waals surface area contributed by atoms with E-state index in [-0.39, 0.29) is 29.9 Å². The number of likely N-dealkylation sites (tertiary alicyclic amines) is 1. The lowest BCUT2D eigenvalue weighted by atomic mass is 9.79. The van der Waals surface area contributed by atoms with Crippen LogP contribution in [0.2, 0.25) is 0 Å². The first kappa shape index (κ1) is 26.9. The molecule has 180 valence electrons. The summed E-state index contributed by atoms with van der Waals surface area (Å²) >= 11 is 0. The number of amides is 1. The van der Waals surface area contributed by atoms with Gasteiger partial charge in [0.25, 0.3) is 0 Å². The number of guanidine groups is 1. The number of hydrogen-bond donors (Lipinski definition) is 2. The van der Waals surface area contributed by atoms with Gasteiger partial charge in [0.2, 0.25) is 5.91 Å². The summed E-state index contributed by atoms with van der Waals surface area (Å²) in [6.07, 6.45) is 9.00. The summed E-state index contributed by atoms with van der Waals surface area (Å²) in [5.41, 5.74) is 1.50. The van der Waals surface area contributed by atoms with Crippen LogP contribution >= 0.6 is 24.0 Å². The highest BCUT2D eigenvalue weighted by atomic mass is 127. The summed E-state index contributed by atoms with van der Waals surface area (Å²) in [7, 11) is 1.85. The summed E-state index contributed by atoms with van der Waals surface area (Å²) in [5.74, 6) is 2.89. The molecule has 0 radical (unpaired) electrons. The van der Waals surface area contributed by atoms with Gasteiger partial charge in [-0.25, -0.2) is 0 Å². The lowest BCUT2D eigenvalue weighted by molar-refractivity contribution is -0.136. The van der Waals surface area contributed by atoms with E-state index in [1.165, 1.54) is 31.2 Å². The van der Waals surface area contributed by atoms with Crippen molar-refractivity contribution in [1.29, 1.82) is 0 Å². The number of rotatable bonds is 7. The number of halogens is 1. The maximum atomic E-state index is 12.6. The number of benzene rings is 1. The predicted molar refractivity (Wildman–Crippen MR) is 145 cm³/mol. The lowest BCUT2D eigenvalue weighted by Gasteiger charge is -2.35. The first-order valence-electron chi connectivity index (χ1n) is 12.4. The molecule has 5 nitrogen and oxygen atoms in total. The Hall–Kier alpha value is -1.31. The van der Waals surface area contributed by atoms with Crippen LogP contribution in [0.25, 0.3) is 0 Å². The Kier molecular flexibility index (Phi) is 11.8. The third-order valence-electron chi connectivity index (χ3n) is 7.38. The van der Waals surface area contributed by atoms with E-state index in [2.05, 4.69) is 64.7 Å². The summed E-state index contributed by atoms with van der Waals surface area (Å²) in [6.45, 7) is 6.93. The molecule has 1 aliphatic carbocycles. The van der Waals surface area contributed by atoms with Crippen LogP contribution in [0, 0.1) is 11.8 Å². The van der Waals surface area contributed by atoms with Gasteiger partial charge in [-0.1, -0.05) is 44.2 Å². The molecule has 0 spiro atoms. The van der Waals surface area contributed by atoms with Crippen LogP contribution in [0.15, 0.2) is 35.3 Å². The summed E-state index contributed by atoms with van der Waals surface area (Å²) < 4.78 is 0. The standard InChI is InChI=1S/C26H42N4O.HI/c1-4-21(5-2)25(31)30-17-15-24(16-18-30)29-26(27-3)28-19-20-11-13-23(14-12-20)22-9-7-6-8-10-22;/h6-10,20-21,23-24H,4-5,11-19H2,1-3H3,(H2,27,28,29);1H. The van der Waals surface area contributed by atoms with Crippen molar-refractivity contribution >= 4 is 35.8 Å². The summed E-state index contributed by atoms with van der Waals surface area (Å²) in [4.78, 5) is 19.1. The minimum atomic E-state index is 0. The molecule has 0 bridgehead atoms. The quantitative estimate of drug-likeness (QED) is 0.278. The second-order valence-electron chi connectivity index (χ2n) is 9.34. The van der Waals surface area contributed by atoms with E-state index in [1.54, 1.807) is 0 Å². The van der Waals surface area contributed by atoms with Crippen molar-refractivity contribution in [3.8, 4) is 0 Å². The van der Waals surface area contributed by atoms with Gasteiger partial charge in [-0.05, 0) is 68.8 Å². The fraction of sp³-hybridized carbons (Fsp3) is 0.692. The first-order chi connectivity index (χ1) is 15.1. The second kappa shape index (κ2) is 14.1. The van der Waals surface area contributed by atoms with Gasteiger partial charge in [-0.2, -0.15) is 0 Å². The van der Waals surface area contributed by atoms with Crippen molar-refractivity contribution in [3.63, 3.8) is 0 Å². The Morgan fingerprint density at radius 1 is 1.03 bits per heavy atom. The number of carbonyl (C=O) groups is 1. The molecule has 1 aliphatic heterocycles. The SMILES string of the molecule is CCC(CC)C(=O)N1CCC(NC(=NC)NCC2CCC(c3ccccc3)CC2)CC1.I. The zero-order valence-corrected chi connectivity index (χ0v) is 22.5. The third-order valence-corrected chi connectivity index (χ3v) is 7.38. The van der Waals surface area contributed by atoms with Crippen molar-refractivity contribution in [2.45, 2.75) is 77.2 Å². The van der Waals surface area contributed by atoms with E-state index in [0.29, 0.717) is 11.9 Å². The molecule has 1 aromatic rings. The summed E-state index contributed by atoms with van der Waals surface area (Å²) in [6, 6.07) is 11.4. The molecule has 1 aromatic carbocycles. The fourth-order valence-corrected chi connectivity index (χ4v) is 5.19. The van der Waals surface area contributed by atoms with Crippen LogP contribution < -0.4 is 10.6 Å². The Balaban J connectivity index is 0.00000363. The Morgan fingerprint density at radius 2 is 1.66 bits per heavy atom. The average molecular weight is 555 g/mol. The molecular formula is C26H43IN4O. The Bertz CT molecular complexity index is 691. The van der Waals surface area contributed by atoms with E-state index in [9.17, 15) is 4.79 Å². The molecule has 2 aliphatic rings. The first-order valence-corrected chi connectivity index (χ1v) is 12.4. The summed E-state index contributed by atoms with van der Waals surface area (Å²) in [5, 5.41) is 7.17. The number of carbonyl (C=O) groups excluding carboxylic acids is 1. The van der Waals surface area contributed by atoms with Crippen LogP contribution in [0.5, 0.6) is 0 Å². The van der Waals surface area contributed by atoms with Crippen molar-refractivity contribution in [2.24, 2.45) is 16.8 Å². The molecular weight excluding hydrogens is 511 g/mol. The number of nitrogens with zero attached hydrogens (tertiary/aromatic N) is 2. The molecule has 0 unspecified atom stereocenters.